The number of benzene rings is 1. The van der Waals surface area contributed by atoms with Crippen molar-refractivity contribution in [1.29, 1.82) is 0 Å². The molecular weight excluding hydrogens is 466 g/mol. The number of fused-ring (bicyclic) bond motifs is 1. The molecule has 1 aromatic carbocycles. The number of likely N-dealkylation sites (tertiary alicyclic amines) is 1. The Hall–Kier alpha value is -3.79. The smallest absolute Gasteiger partial charge is 0.223 e. The standard InChI is InChI=1S/C25H25N5O4S/c1-3-35(32,33)22-9-8-18(14-27-22)34-19-12-17(15-30-16(2)7-10-23(30)31)24-21(13-19)28-25(29-24)20-6-4-5-11-26-20/h4-6,8-9,11-14,16H,3,7,10,15H2,1-2H3,(H,28,29). The fourth-order valence-corrected chi connectivity index (χ4v) is 4.95. The highest BCUT2D eigenvalue weighted by Gasteiger charge is 2.28. The number of aromatic amines is 1. The third kappa shape index (κ3) is 4.61. The van der Waals surface area contributed by atoms with Gasteiger partial charge >= 0.3 is 0 Å². The molecule has 1 aliphatic rings. The summed E-state index contributed by atoms with van der Waals surface area (Å²) in [6, 6.07) is 12.5. The maximum atomic E-state index is 12.5. The lowest BCUT2D eigenvalue weighted by molar-refractivity contribution is -0.129. The minimum atomic E-state index is -3.39. The summed E-state index contributed by atoms with van der Waals surface area (Å²) in [6.45, 7) is 4.03. The molecule has 1 N–H and O–H groups in total. The number of hydrogen-bond acceptors (Lipinski definition) is 7. The number of ether oxygens (including phenoxy) is 1. The van der Waals surface area contributed by atoms with Crippen molar-refractivity contribution in [2.24, 2.45) is 0 Å². The van der Waals surface area contributed by atoms with Crippen molar-refractivity contribution in [3.05, 3.63) is 60.4 Å². The molecule has 4 aromatic rings. The monoisotopic (exact) mass is 491 g/mol. The molecule has 4 heterocycles. The number of carbonyl (C=O) groups excluding carboxylic acids is 1. The highest BCUT2D eigenvalue weighted by Crippen LogP contribution is 2.32. The summed E-state index contributed by atoms with van der Waals surface area (Å²) in [7, 11) is -3.39. The molecule has 0 radical (unpaired) electrons. The second-order valence-corrected chi connectivity index (χ2v) is 10.8. The van der Waals surface area contributed by atoms with Crippen LogP contribution in [0.5, 0.6) is 11.5 Å². The van der Waals surface area contributed by atoms with E-state index in [0.29, 0.717) is 36.0 Å². The third-order valence-electron chi connectivity index (χ3n) is 6.16. The zero-order valence-electron chi connectivity index (χ0n) is 19.4. The first-order valence-corrected chi connectivity index (χ1v) is 13.1. The molecule has 3 aromatic heterocycles. The Labute approximate surface area is 203 Å². The molecule has 10 heteroatoms. The maximum absolute atomic E-state index is 12.5. The van der Waals surface area contributed by atoms with Crippen LogP contribution < -0.4 is 4.74 Å². The Bertz CT molecular complexity index is 1480. The average Bonchev–Trinajstić information content (AvgIpc) is 3.44. The minimum absolute atomic E-state index is 0.0126. The van der Waals surface area contributed by atoms with E-state index in [0.717, 1.165) is 23.0 Å². The molecule has 0 aliphatic carbocycles. The van der Waals surface area contributed by atoms with Crippen LogP contribution in [0.25, 0.3) is 22.6 Å². The number of H-pyrrole nitrogens is 1. The number of aromatic nitrogens is 4. The molecule has 5 rings (SSSR count). The summed E-state index contributed by atoms with van der Waals surface area (Å²) >= 11 is 0. The molecule has 1 aliphatic heterocycles. The molecule has 180 valence electrons. The summed E-state index contributed by atoms with van der Waals surface area (Å²) in [5, 5.41) is 0.0126. The Morgan fingerprint density at radius 3 is 2.66 bits per heavy atom. The lowest BCUT2D eigenvalue weighted by Gasteiger charge is -2.22. The molecule has 1 unspecified atom stereocenters. The molecule has 0 spiro atoms. The first kappa shape index (κ1) is 23.0. The van der Waals surface area contributed by atoms with Gasteiger partial charge in [-0.2, -0.15) is 0 Å². The Morgan fingerprint density at radius 2 is 2.00 bits per heavy atom. The van der Waals surface area contributed by atoms with Gasteiger partial charge in [-0.15, -0.1) is 0 Å². The molecule has 9 nitrogen and oxygen atoms in total. The summed E-state index contributed by atoms with van der Waals surface area (Å²) in [6.07, 6.45) is 4.47. The lowest BCUT2D eigenvalue weighted by atomic mass is 10.1. The number of nitrogens with one attached hydrogen (secondary N) is 1. The normalized spacial score (nSPS) is 16.2. The van der Waals surface area contributed by atoms with Crippen molar-refractivity contribution in [1.82, 2.24) is 24.8 Å². The Kier molecular flexibility index (Phi) is 5.98. The molecular formula is C25H25N5O4S. The van der Waals surface area contributed by atoms with Gasteiger partial charge in [0.25, 0.3) is 0 Å². The predicted molar refractivity (Wildman–Crippen MR) is 131 cm³/mol. The van der Waals surface area contributed by atoms with Gasteiger partial charge in [0.05, 0.1) is 23.0 Å². The number of carbonyl (C=O) groups is 1. The van der Waals surface area contributed by atoms with Gasteiger partial charge in [-0.05, 0) is 43.7 Å². The van der Waals surface area contributed by atoms with E-state index in [4.69, 9.17) is 9.72 Å². The maximum Gasteiger partial charge on any atom is 0.223 e. The molecule has 0 saturated carbocycles. The van der Waals surface area contributed by atoms with Gasteiger partial charge in [-0.25, -0.2) is 18.4 Å². The highest BCUT2D eigenvalue weighted by atomic mass is 32.2. The van der Waals surface area contributed by atoms with Gasteiger partial charge in [0.15, 0.2) is 20.7 Å². The number of hydrogen-bond donors (Lipinski definition) is 1. The van der Waals surface area contributed by atoms with E-state index in [1.807, 2.05) is 42.2 Å². The Morgan fingerprint density at radius 1 is 1.14 bits per heavy atom. The van der Waals surface area contributed by atoms with Crippen LogP contribution in [-0.4, -0.2) is 51.0 Å². The van der Waals surface area contributed by atoms with Crippen LogP contribution in [0.3, 0.4) is 0 Å². The zero-order chi connectivity index (χ0) is 24.6. The van der Waals surface area contributed by atoms with Gasteiger partial charge in [-0.3, -0.25) is 9.78 Å². The van der Waals surface area contributed by atoms with E-state index in [-0.39, 0.29) is 22.7 Å². The number of sulfone groups is 1. The zero-order valence-corrected chi connectivity index (χ0v) is 20.2. The van der Waals surface area contributed by atoms with Crippen LogP contribution in [0.15, 0.2) is 59.9 Å². The topological polar surface area (TPSA) is 118 Å². The quantitative estimate of drug-likeness (QED) is 0.413. The third-order valence-corrected chi connectivity index (χ3v) is 7.80. The molecule has 1 saturated heterocycles. The van der Waals surface area contributed by atoms with Gasteiger partial charge in [-0.1, -0.05) is 13.0 Å². The summed E-state index contributed by atoms with van der Waals surface area (Å²) in [4.78, 5) is 30.9. The molecule has 1 amide bonds. The fraction of sp³-hybridized carbons (Fsp3) is 0.280. The second-order valence-electron chi connectivity index (χ2n) is 8.53. The summed E-state index contributed by atoms with van der Waals surface area (Å²) in [5.41, 5.74) is 3.04. The van der Waals surface area contributed by atoms with E-state index in [2.05, 4.69) is 15.0 Å². The summed E-state index contributed by atoms with van der Waals surface area (Å²) in [5.74, 6) is 1.65. The van der Waals surface area contributed by atoms with E-state index in [1.165, 1.54) is 12.3 Å². The first-order valence-electron chi connectivity index (χ1n) is 11.4. The van der Waals surface area contributed by atoms with Crippen LogP contribution in [-0.2, 0) is 21.2 Å². The number of imidazole rings is 1. The van der Waals surface area contributed by atoms with Crippen molar-refractivity contribution in [3.8, 4) is 23.0 Å². The largest absolute Gasteiger partial charge is 0.456 e. The number of amides is 1. The highest BCUT2D eigenvalue weighted by molar-refractivity contribution is 7.91. The average molecular weight is 492 g/mol. The SMILES string of the molecule is CCS(=O)(=O)c1ccc(Oc2cc(CN3C(=O)CCC3C)c3nc(-c4ccccn4)[nH]c3c2)cn1. The van der Waals surface area contributed by atoms with E-state index in [1.54, 1.807) is 19.2 Å². The van der Waals surface area contributed by atoms with E-state index < -0.39 is 9.84 Å². The van der Waals surface area contributed by atoms with Crippen molar-refractivity contribution in [2.75, 3.05) is 5.75 Å². The van der Waals surface area contributed by atoms with E-state index in [9.17, 15) is 13.2 Å². The van der Waals surface area contributed by atoms with Crippen LogP contribution in [0.1, 0.15) is 32.3 Å². The van der Waals surface area contributed by atoms with Crippen LogP contribution >= 0.6 is 0 Å². The van der Waals surface area contributed by atoms with Crippen molar-refractivity contribution in [3.63, 3.8) is 0 Å². The summed E-state index contributed by atoms with van der Waals surface area (Å²) < 4.78 is 30.1. The van der Waals surface area contributed by atoms with Crippen molar-refractivity contribution >= 4 is 26.8 Å². The van der Waals surface area contributed by atoms with Gasteiger partial charge < -0.3 is 14.6 Å². The first-order chi connectivity index (χ1) is 16.8. The van der Waals surface area contributed by atoms with Gasteiger partial charge in [0.1, 0.15) is 17.2 Å². The molecule has 1 atom stereocenters. The molecule has 1 fully saturated rings. The number of rotatable bonds is 7. The minimum Gasteiger partial charge on any atom is -0.456 e. The van der Waals surface area contributed by atoms with E-state index >= 15 is 0 Å². The lowest BCUT2D eigenvalue weighted by Crippen LogP contribution is -2.30. The van der Waals surface area contributed by atoms with Crippen LogP contribution in [0.2, 0.25) is 0 Å². The van der Waals surface area contributed by atoms with Gasteiger partial charge in [0.2, 0.25) is 5.91 Å². The predicted octanol–water partition coefficient (Wildman–Crippen LogP) is 4.12. The molecule has 35 heavy (non-hydrogen) atoms. The molecule has 0 bridgehead atoms. The second kappa shape index (κ2) is 9.10. The van der Waals surface area contributed by atoms with Crippen molar-refractivity contribution in [2.45, 2.75) is 44.3 Å². The van der Waals surface area contributed by atoms with Crippen LogP contribution in [0.4, 0.5) is 0 Å². The van der Waals surface area contributed by atoms with Gasteiger partial charge in [0, 0.05) is 36.8 Å². The van der Waals surface area contributed by atoms with Crippen molar-refractivity contribution < 1.29 is 17.9 Å². The Balaban J connectivity index is 1.53. The number of pyridine rings is 2. The number of nitrogens with zero attached hydrogens (tertiary/aromatic N) is 4. The fourth-order valence-electron chi connectivity index (χ4n) is 4.16. The van der Waals surface area contributed by atoms with Crippen LogP contribution in [0, 0.1) is 0 Å².